The van der Waals surface area contributed by atoms with Crippen LogP contribution < -0.4 is 21.2 Å². The molecule has 1 aromatic heterocycles. The minimum absolute atomic E-state index is 0.0872. The van der Waals surface area contributed by atoms with E-state index in [4.69, 9.17) is 0 Å². The Morgan fingerprint density at radius 2 is 1.39 bits per heavy atom. The number of nitro groups is 1. The van der Waals surface area contributed by atoms with Crippen molar-refractivity contribution in [1.29, 1.82) is 0 Å². The number of rotatable bonds is 19. The van der Waals surface area contributed by atoms with Crippen molar-refractivity contribution in [2.45, 2.75) is 69.9 Å². The van der Waals surface area contributed by atoms with Crippen LogP contribution in [0.5, 0.6) is 0 Å². The van der Waals surface area contributed by atoms with E-state index in [0.717, 1.165) is 44.7 Å². The van der Waals surface area contributed by atoms with Crippen LogP contribution in [-0.4, -0.2) is 49.6 Å². The van der Waals surface area contributed by atoms with Crippen molar-refractivity contribution in [3.63, 3.8) is 0 Å². The van der Waals surface area contributed by atoms with E-state index in [2.05, 4.69) is 83.5 Å². The molecule has 4 aromatic rings. The average molecular weight is 646 g/mol. The summed E-state index contributed by atoms with van der Waals surface area (Å²) in [5.41, 5.74) is 0.311. The summed E-state index contributed by atoms with van der Waals surface area (Å²) in [6, 6.07) is 26.4. The second-order valence-electron chi connectivity index (χ2n) is 11.8. The quantitative estimate of drug-likeness (QED) is 0.0546. The van der Waals surface area contributed by atoms with Crippen molar-refractivity contribution in [2.24, 2.45) is 7.05 Å². The molecule has 3 N–H and O–H groups in total. The summed E-state index contributed by atoms with van der Waals surface area (Å²) in [4.78, 5) is 22.8. The first kappa shape index (κ1) is 35.0. The molecule has 1 heterocycles. The third-order valence-electron chi connectivity index (χ3n) is 8.54. The van der Waals surface area contributed by atoms with E-state index >= 15 is 0 Å². The summed E-state index contributed by atoms with van der Waals surface area (Å²) in [6.45, 7) is -0.439. The number of aliphatic hydroxyl groups excluding tert-OH is 2. The van der Waals surface area contributed by atoms with Gasteiger partial charge in [0.1, 0.15) is 29.3 Å². The molecular formula is C36H46N4O5P+. The van der Waals surface area contributed by atoms with Crippen molar-refractivity contribution in [3.8, 4) is 0 Å². The highest BCUT2D eigenvalue weighted by Crippen LogP contribution is 2.56. The van der Waals surface area contributed by atoms with Crippen LogP contribution in [-0.2, 0) is 11.8 Å². The van der Waals surface area contributed by atoms with Gasteiger partial charge in [-0.15, -0.1) is 0 Å². The van der Waals surface area contributed by atoms with Crippen molar-refractivity contribution >= 4 is 34.8 Å². The molecule has 0 saturated heterocycles. The summed E-state index contributed by atoms with van der Waals surface area (Å²) in [5.74, 6) is -0.225. The van der Waals surface area contributed by atoms with Gasteiger partial charge in [-0.1, -0.05) is 68.5 Å². The Kier molecular flexibility index (Phi) is 13.4. The Morgan fingerprint density at radius 1 is 0.848 bits per heavy atom. The van der Waals surface area contributed by atoms with Gasteiger partial charge in [0.2, 0.25) is 5.91 Å². The van der Waals surface area contributed by atoms with Crippen LogP contribution in [0.3, 0.4) is 0 Å². The molecule has 1 amide bonds. The molecule has 0 bridgehead atoms. The van der Waals surface area contributed by atoms with Crippen molar-refractivity contribution in [3.05, 3.63) is 113 Å². The molecule has 0 aliphatic heterocycles. The number of hydrogen-bond donors (Lipinski definition) is 3. The fourth-order valence-corrected chi connectivity index (χ4v) is 10.4. The molecule has 4 rings (SSSR count). The van der Waals surface area contributed by atoms with Gasteiger partial charge in [0.05, 0.1) is 36.1 Å². The highest BCUT2D eigenvalue weighted by molar-refractivity contribution is 7.95. The first-order valence-corrected chi connectivity index (χ1v) is 18.1. The number of aliphatic hydroxyl groups is 2. The maximum absolute atomic E-state index is 12.5. The molecular weight excluding hydrogens is 599 g/mol. The Hall–Kier alpha value is -3.91. The van der Waals surface area contributed by atoms with Gasteiger partial charge in [-0.05, 0) is 61.2 Å². The number of amides is 1. The van der Waals surface area contributed by atoms with E-state index in [1.165, 1.54) is 53.0 Å². The maximum Gasteiger partial charge on any atom is 0.269 e. The lowest BCUT2D eigenvalue weighted by atomic mass is 10.0. The van der Waals surface area contributed by atoms with Crippen LogP contribution in [0.2, 0.25) is 0 Å². The van der Waals surface area contributed by atoms with Crippen LogP contribution in [0, 0.1) is 10.1 Å². The molecule has 46 heavy (non-hydrogen) atoms. The number of aryl methyl sites for hydroxylation is 1. The Bertz CT molecular complexity index is 1460. The third-order valence-corrected chi connectivity index (χ3v) is 13.0. The second kappa shape index (κ2) is 17.7. The molecule has 244 valence electrons. The van der Waals surface area contributed by atoms with E-state index < -0.39 is 30.9 Å². The number of nitro benzene ring substituents is 1. The predicted octanol–water partition coefficient (Wildman–Crippen LogP) is 5.34. The predicted molar refractivity (Wildman–Crippen MR) is 185 cm³/mol. The topological polar surface area (TPSA) is 131 Å². The number of nitrogens with zero attached hydrogens (tertiary/aromatic N) is 3. The Labute approximate surface area is 272 Å². The van der Waals surface area contributed by atoms with E-state index in [0.29, 0.717) is 12.0 Å². The standard InChI is InChI=1S/C36H45N4O5P/c1-39-27-33(26-37-39)46(31-16-10-8-11-17-31,32-18-12-9-13-19-32)25-15-7-5-3-2-4-6-14-20-35(42)38-34(28-41)36(43)29-21-23-30(24-22-29)40(44)45/h8-13,16-19,21-24,26-27,34,36,41,43H,2-7,14-15,20,25,28H2,1H3/p+1. The van der Waals surface area contributed by atoms with Crippen LogP contribution >= 0.6 is 7.26 Å². The number of carbonyl (C=O) groups excluding carboxylic acids is 1. The lowest BCUT2D eigenvalue weighted by Gasteiger charge is -2.26. The first-order valence-electron chi connectivity index (χ1n) is 16.2. The summed E-state index contributed by atoms with van der Waals surface area (Å²) >= 11 is 0. The largest absolute Gasteiger partial charge is 0.394 e. The molecule has 0 aliphatic rings. The van der Waals surface area contributed by atoms with Gasteiger partial charge in [-0.2, -0.15) is 5.10 Å². The molecule has 0 spiro atoms. The number of aromatic nitrogens is 2. The van der Waals surface area contributed by atoms with Crippen LogP contribution in [0.25, 0.3) is 0 Å². The van der Waals surface area contributed by atoms with Gasteiger partial charge in [0, 0.05) is 25.6 Å². The second-order valence-corrected chi connectivity index (χ2v) is 15.4. The summed E-state index contributed by atoms with van der Waals surface area (Å²) < 4.78 is 1.91. The highest BCUT2D eigenvalue weighted by Gasteiger charge is 2.45. The van der Waals surface area contributed by atoms with Crippen LogP contribution in [0.1, 0.15) is 69.5 Å². The average Bonchev–Trinajstić information content (AvgIpc) is 3.53. The fourth-order valence-electron chi connectivity index (χ4n) is 6.03. The molecule has 2 unspecified atom stereocenters. The SMILES string of the molecule is Cn1cc([P+](CCCCCCCCCCC(=O)NC(CO)C(O)c2ccc([N+](=O)[O-])cc2)(c2ccccc2)c2ccccc2)cn1. The van der Waals surface area contributed by atoms with E-state index in [1.54, 1.807) is 0 Å². The maximum atomic E-state index is 12.5. The van der Waals surface area contributed by atoms with Gasteiger partial charge in [0.25, 0.3) is 5.69 Å². The van der Waals surface area contributed by atoms with E-state index in [9.17, 15) is 25.1 Å². The van der Waals surface area contributed by atoms with E-state index in [1.807, 2.05) is 11.7 Å². The number of non-ortho nitro benzene ring substituents is 1. The van der Waals surface area contributed by atoms with Gasteiger partial charge < -0.3 is 15.5 Å². The number of nitrogens with one attached hydrogen (secondary N) is 1. The van der Waals surface area contributed by atoms with Gasteiger partial charge >= 0.3 is 0 Å². The Morgan fingerprint density at radius 3 is 1.89 bits per heavy atom. The van der Waals surface area contributed by atoms with Crippen LogP contribution in [0.4, 0.5) is 5.69 Å². The molecule has 9 nitrogen and oxygen atoms in total. The summed E-state index contributed by atoms with van der Waals surface area (Å²) in [7, 11) is 0.156. The third kappa shape index (κ3) is 9.32. The molecule has 10 heteroatoms. The minimum Gasteiger partial charge on any atom is -0.394 e. The molecule has 2 atom stereocenters. The molecule has 0 fully saturated rings. The van der Waals surface area contributed by atoms with Crippen molar-refractivity contribution in [1.82, 2.24) is 15.1 Å². The number of benzene rings is 3. The van der Waals surface area contributed by atoms with Gasteiger partial charge in [-0.25, -0.2) is 0 Å². The smallest absolute Gasteiger partial charge is 0.269 e. The fraction of sp³-hybridized carbons (Fsp3) is 0.389. The van der Waals surface area contributed by atoms with Crippen LogP contribution in [0.15, 0.2) is 97.3 Å². The lowest BCUT2D eigenvalue weighted by molar-refractivity contribution is -0.384. The number of hydrogen-bond acceptors (Lipinski definition) is 6. The van der Waals surface area contributed by atoms with Gasteiger partial charge in [0.15, 0.2) is 0 Å². The summed E-state index contributed by atoms with van der Waals surface area (Å²) in [5, 5.41) is 42.5. The van der Waals surface area contributed by atoms with Gasteiger partial charge in [-0.3, -0.25) is 19.6 Å². The van der Waals surface area contributed by atoms with Crippen molar-refractivity contribution < 1.29 is 19.9 Å². The normalized spacial score (nSPS) is 12.8. The lowest BCUT2D eigenvalue weighted by Crippen LogP contribution is -2.41. The minimum atomic E-state index is -1.83. The molecule has 0 radical (unpaired) electrons. The number of unbranched alkanes of at least 4 members (excludes halogenated alkanes) is 7. The Balaban J connectivity index is 1.18. The monoisotopic (exact) mass is 645 g/mol. The van der Waals surface area contributed by atoms with Crippen molar-refractivity contribution in [2.75, 3.05) is 12.8 Å². The summed E-state index contributed by atoms with van der Waals surface area (Å²) in [6.07, 6.45) is 13.0. The van der Waals surface area contributed by atoms with E-state index in [-0.39, 0.29) is 11.6 Å². The zero-order chi connectivity index (χ0) is 32.8. The molecule has 3 aromatic carbocycles. The molecule has 0 saturated carbocycles. The highest BCUT2D eigenvalue weighted by atomic mass is 31.2. The first-order chi connectivity index (χ1) is 22.3. The number of carbonyl (C=O) groups is 1. The molecule has 0 aliphatic carbocycles. The zero-order valence-corrected chi connectivity index (χ0v) is 27.5. The zero-order valence-electron chi connectivity index (χ0n) is 26.6.